The number of benzene rings is 1. The van der Waals surface area contributed by atoms with Crippen molar-refractivity contribution >= 4 is 44.4 Å². The summed E-state index contributed by atoms with van der Waals surface area (Å²) in [4.78, 5) is 70.8. The number of rotatable bonds is 9. The number of amides is 2. The van der Waals surface area contributed by atoms with E-state index < -0.39 is 98.8 Å². The number of carbonyl (C=O) groups excluding carboxylic acids is 4. The normalized spacial score (nSPS) is 29.4. The largest absolute Gasteiger partial charge is 0.471 e. The summed E-state index contributed by atoms with van der Waals surface area (Å²) >= 11 is 0. The molecule has 1 saturated heterocycles. The van der Waals surface area contributed by atoms with E-state index in [0.717, 1.165) is 13.8 Å². The van der Waals surface area contributed by atoms with Crippen molar-refractivity contribution in [2.45, 2.75) is 128 Å². The Morgan fingerprint density at radius 2 is 1.72 bits per heavy atom. The fourth-order valence-corrected chi connectivity index (χ4v) is 9.60. The maximum atomic E-state index is 14.8. The third-order valence-electron chi connectivity index (χ3n) is 12.0. The van der Waals surface area contributed by atoms with Crippen LogP contribution in [0, 0.1) is 29.1 Å². The number of sulfonamides is 1. The fourth-order valence-electron chi connectivity index (χ4n) is 8.21. The molecule has 0 bridgehead atoms. The molecule has 13 nitrogen and oxygen atoms in total. The smallest absolute Gasteiger partial charge is 0.427 e. The predicted molar refractivity (Wildman–Crippen MR) is 202 cm³/mol. The van der Waals surface area contributed by atoms with Crippen LogP contribution in [0.5, 0.6) is 5.88 Å². The Hall–Kier alpha value is -4.28. The van der Waals surface area contributed by atoms with Gasteiger partial charge in [0, 0.05) is 19.4 Å². The zero-order valence-corrected chi connectivity index (χ0v) is 33.7. The number of ketones is 1. The molecule has 1 N–H and O–H groups in total. The maximum Gasteiger partial charge on any atom is 0.427 e. The van der Waals surface area contributed by atoms with Crippen molar-refractivity contribution in [3.63, 3.8) is 0 Å². The Bertz CT molecular complexity index is 2120. The highest BCUT2D eigenvalue weighted by molar-refractivity contribution is 7.90. The van der Waals surface area contributed by atoms with Gasteiger partial charge in [-0.05, 0) is 89.2 Å². The quantitative estimate of drug-likeness (QED) is 0.261. The number of carbonyl (C=O) groups is 4. The second-order valence-corrected chi connectivity index (χ2v) is 18.8. The highest BCUT2D eigenvalue weighted by atomic mass is 32.2. The van der Waals surface area contributed by atoms with E-state index in [1.807, 2.05) is 19.1 Å². The molecule has 2 saturated carbocycles. The Morgan fingerprint density at radius 1 is 1.04 bits per heavy atom. The third kappa shape index (κ3) is 8.92. The lowest BCUT2D eigenvalue weighted by Crippen LogP contribution is -2.48. The minimum absolute atomic E-state index is 0.00403. The molecule has 2 aromatic rings. The molecule has 2 aliphatic carbocycles. The van der Waals surface area contributed by atoms with Crippen LogP contribution in [-0.4, -0.2) is 82.4 Å². The van der Waals surface area contributed by atoms with Crippen LogP contribution in [0.15, 0.2) is 41.2 Å². The zero-order chi connectivity index (χ0) is 41.7. The van der Waals surface area contributed by atoms with Gasteiger partial charge in [0.25, 0.3) is 5.56 Å². The first-order chi connectivity index (χ1) is 26.7. The SMILES string of the molecule is CCn1nc(O[C@@H]2C[C@H]3C(=O)C[C@]4(C(=O)NS(=O)(=O)C5CC5)C[C@H]4/C=C\CC[C@@H](C)C[C@@H](C)[C@H](CC(=O)OC(C)(C)C(F)(F)F)C(=O)N3C2)c2ccccc2c1=O. The van der Waals surface area contributed by atoms with Crippen molar-refractivity contribution in [1.82, 2.24) is 19.4 Å². The summed E-state index contributed by atoms with van der Waals surface area (Å²) in [5.41, 5.74) is -4.55. The first-order valence-corrected chi connectivity index (χ1v) is 21.2. The van der Waals surface area contributed by atoms with Crippen LogP contribution in [0.2, 0.25) is 0 Å². The number of esters is 1. The Morgan fingerprint density at radius 3 is 2.37 bits per heavy atom. The molecular formula is C40H51F3N4O9S. The standard InChI is InChI=1S/C40H51F3N4O9S/c1-6-47-36(51)29-14-10-9-13-28(29)34(44-47)55-26-18-31-32(48)21-39(37(52)45-57(53,54)27-15-16-27)20-25(39)12-8-7-11-23(2)17-24(3)30(35(50)46(31)22-26)19-33(49)56-38(4,5)40(41,42)43/h8-10,12-14,23-27,30-31H,6-7,11,15-22H2,1-5H3,(H,45,52)/b12-8-/t23-,24-,25-,26-,30+,31+,39-/m1/s1. The van der Waals surface area contributed by atoms with Gasteiger partial charge < -0.3 is 14.4 Å². The summed E-state index contributed by atoms with van der Waals surface area (Å²) in [6, 6.07) is 5.49. The first kappa shape index (κ1) is 42.3. The van der Waals surface area contributed by atoms with Crippen LogP contribution in [0.1, 0.15) is 92.4 Å². The Balaban J connectivity index is 1.37. The molecule has 4 aliphatic rings. The average molecular weight is 821 g/mol. The lowest BCUT2D eigenvalue weighted by atomic mass is 9.82. The monoisotopic (exact) mass is 820 g/mol. The fraction of sp³-hybridized carbons (Fsp3) is 0.650. The molecule has 0 spiro atoms. The van der Waals surface area contributed by atoms with Gasteiger partial charge in [-0.1, -0.05) is 38.1 Å². The number of hydrogen-bond acceptors (Lipinski definition) is 10. The van der Waals surface area contributed by atoms with Crippen LogP contribution < -0.4 is 15.0 Å². The number of allylic oxidation sites excluding steroid dienone is 2. The molecule has 1 aromatic carbocycles. The number of nitrogens with zero attached hydrogens (tertiary/aromatic N) is 3. The Labute approximate surface area is 329 Å². The molecule has 57 heavy (non-hydrogen) atoms. The Kier molecular flexibility index (Phi) is 11.7. The van der Waals surface area contributed by atoms with Crippen LogP contribution >= 0.6 is 0 Å². The molecule has 2 aliphatic heterocycles. The van der Waals surface area contributed by atoms with E-state index in [2.05, 4.69) is 9.82 Å². The second-order valence-electron chi connectivity index (χ2n) is 16.9. The number of Topliss-reactive ketones (excluding diaryl/α,β-unsaturated/α-hetero) is 1. The highest BCUT2D eigenvalue weighted by Crippen LogP contribution is 2.57. The van der Waals surface area contributed by atoms with E-state index in [1.165, 1.54) is 9.58 Å². The van der Waals surface area contributed by atoms with Gasteiger partial charge in [0.05, 0.1) is 46.4 Å². The first-order valence-electron chi connectivity index (χ1n) is 19.7. The molecule has 17 heteroatoms. The number of hydrogen-bond donors (Lipinski definition) is 1. The van der Waals surface area contributed by atoms with Gasteiger partial charge in [0.1, 0.15) is 6.10 Å². The van der Waals surface area contributed by atoms with Gasteiger partial charge in [-0.2, -0.15) is 13.2 Å². The molecule has 7 atom stereocenters. The molecule has 6 rings (SSSR count). The molecular weight excluding hydrogens is 770 g/mol. The summed E-state index contributed by atoms with van der Waals surface area (Å²) in [7, 11) is -3.95. The minimum Gasteiger partial charge on any atom is -0.471 e. The van der Waals surface area contributed by atoms with Gasteiger partial charge in [0.15, 0.2) is 5.78 Å². The van der Waals surface area contributed by atoms with Crippen molar-refractivity contribution in [3.05, 3.63) is 46.8 Å². The van der Waals surface area contributed by atoms with Crippen molar-refractivity contribution in [1.29, 1.82) is 0 Å². The molecule has 3 heterocycles. The predicted octanol–water partition coefficient (Wildman–Crippen LogP) is 5.24. The lowest BCUT2D eigenvalue weighted by molar-refractivity contribution is -0.257. The van der Waals surface area contributed by atoms with Crippen LogP contribution in [0.25, 0.3) is 10.8 Å². The highest BCUT2D eigenvalue weighted by Gasteiger charge is 2.62. The molecule has 0 unspecified atom stereocenters. The minimum atomic E-state index is -4.88. The number of nitrogens with one attached hydrogen (secondary N) is 1. The van der Waals surface area contributed by atoms with Crippen LogP contribution in [-0.2, 0) is 40.5 Å². The van der Waals surface area contributed by atoms with Crippen molar-refractivity contribution < 1.29 is 50.2 Å². The van der Waals surface area contributed by atoms with Crippen LogP contribution in [0.4, 0.5) is 13.2 Å². The summed E-state index contributed by atoms with van der Waals surface area (Å²) in [6.07, 6.45) is -0.430. The van der Waals surface area contributed by atoms with E-state index in [1.54, 1.807) is 38.1 Å². The molecule has 2 amide bonds. The van der Waals surface area contributed by atoms with Gasteiger partial charge in [-0.15, -0.1) is 5.10 Å². The van der Waals surface area contributed by atoms with Gasteiger partial charge >= 0.3 is 12.1 Å². The van der Waals surface area contributed by atoms with Gasteiger partial charge in [-0.3, -0.25) is 28.7 Å². The summed E-state index contributed by atoms with van der Waals surface area (Å²) in [6.45, 7) is 6.95. The van der Waals surface area contributed by atoms with Crippen molar-refractivity contribution in [2.75, 3.05) is 6.54 Å². The summed E-state index contributed by atoms with van der Waals surface area (Å²) in [5.74, 6) is -5.25. The van der Waals surface area contributed by atoms with Gasteiger partial charge in [-0.25, -0.2) is 13.1 Å². The lowest BCUT2D eigenvalue weighted by Gasteiger charge is -2.33. The number of alkyl halides is 3. The molecule has 1 aromatic heterocycles. The summed E-state index contributed by atoms with van der Waals surface area (Å²) < 4.78 is 81.8. The van der Waals surface area contributed by atoms with E-state index in [4.69, 9.17) is 9.47 Å². The number of fused-ring (bicyclic) bond motifs is 3. The number of aromatic nitrogens is 2. The maximum absolute atomic E-state index is 14.8. The topological polar surface area (TPSA) is 171 Å². The molecule has 3 fully saturated rings. The second kappa shape index (κ2) is 15.8. The molecule has 312 valence electrons. The van der Waals surface area contributed by atoms with Crippen molar-refractivity contribution in [3.8, 4) is 5.88 Å². The molecule has 0 radical (unpaired) electrons. The van der Waals surface area contributed by atoms with Gasteiger partial charge in [0.2, 0.25) is 33.3 Å². The van der Waals surface area contributed by atoms with E-state index in [-0.39, 0.29) is 43.3 Å². The van der Waals surface area contributed by atoms with Crippen LogP contribution in [0.3, 0.4) is 0 Å². The van der Waals surface area contributed by atoms with E-state index >= 15 is 0 Å². The third-order valence-corrected chi connectivity index (χ3v) is 13.8. The number of ether oxygens (including phenoxy) is 2. The van der Waals surface area contributed by atoms with E-state index in [0.29, 0.717) is 42.9 Å². The van der Waals surface area contributed by atoms with Crippen molar-refractivity contribution in [2.24, 2.45) is 29.1 Å². The number of aryl methyl sites for hydroxylation is 1. The van der Waals surface area contributed by atoms with E-state index in [9.17, 15) is 45.6 Å². The summed E-state index contributed by atoms with van der Waals surface area (Å²) in [5, 5.41) is 4.49. The average Bonchev–Trinajstić information content (AvgIpc) is 4.06. The number of halogens is 3. The zero-order valence-electron chi connectivity index (χ0n) is 32.8.